The highest BCUT2D eigenvalue weighted by Crippen LogP contribution is 2.40. The molecule has 1 aliphatic carbocycles. The Morgan fingerprint density at radius 1 is 1.31 bits per heavy atom. The summed E-state index contributed by atoms with van der Waals surface area (Å²) in [7, 11) is 0. The Morgan fingerprint density at radius 2 is 1.81 bits per heavy atom. The van der Waals surface area contributed by atoms with E-state index in [9.17, 15) is 15.0 Å². The fraction of sp³-hybridized carbons (Fsp3) is 0.923. The molecular formula is C13H24O3. The van der Waals surface area contributed by atoms with E-state index in [1.54, 1.807) is 13.8 Å². The first-order valence-corrected chi connectivity index (χ1v) is 6.38. The molecule has 1 fully saturated rings. The van der Waals surface area contributed by atoms with Crippen molar-refractivity contribution in [1.82, 2.24) is 0 Å². The van der Waals surface area contributed by atoms with Gasteiger partial charge in [-0.15, -0.1) is 0 Å². The van der Waals surface area contributed by atoms with Crippen LogP contribution in [0.4, 0.5) is 0 Å². The lowest BCUT2D eigenvalue weighted by molar-refractivity contribution is -0.174. The molecule has 0 amide bonds. The van der Waals surface area contributed by atoms with E-state index in [0.717, 1.165) is 31.6 Å². The number of aliphatic hydroxyl groups is 1. The van der Waals surface area contributed by atoms with Crippen LogP contribution in [0.25, 0.3) is 0 Å². The lowest BCUT2D eigenvalue weighted by atomic mass is 9.69. The molecule has 2 N–H and O–H groups in total. The van der Waals surface area contributed by atoms with Crippen molar-refractivity contribution in [2.45, 2.75) is 58.5 Å². The molecule has 0 aromatic carbocycles. The molecule has 0 aromatic rings. The minimum atomic E-state index is -1.53. The van der Waals surface area contributed by atoms with E-state index in [-0.39, 0.29) is 11.8 Å². The predicted octanol–water partition coefficient (Wildman–Crippen LogP) is 2.67. The summed E-state index contributed by atoms with van der Waals surface area (Å²) >= 11 is 0. The van der Waals surface area contributed by atoms with Gasteiger partial charge in [0.25, 0.3) is 0 Å². The fourth-order valence-electron chi connectivity index (χ4n) is 2.90. The smallest absolute Gasteiger partial charge is 0.336 e. The number of carboxylic acids is 1. The maximum absolute atomic E-state index is 11.3. The Hall–Kier alpha value is -0.570. The molecule has 0 bridgehead atoms. The lowest BCUT2D eigenvalue weighted by Gasteiger charge is -2.39. The second-order valence-corrected chi connectivity index (χ2v) is 5.41. The topological polar surface area (TPSA) is 57.5 Å². The maximum atomic E-state index is 11.3. The van der Waals surface area contributed by atoms with E-state index in [1.807, 2.05) is 0 Å². The standard InChI is InChI=1S/C13H24O3/c1-4-10-5-7-11(8-6-10)13(16,9(2)3)12(14)15/h9-11,16H,4-8H2,1-3H3,(H,14,15). The highest BCUT2D eigenvalue weighted by atomic mass is 16.4. The summed E-state index contributed by atoms with van der Waals surface area (Å²) in [5.41, 5.74) is -1.53. The van der Waals surface area contributed by atoms with Crippen LogP contribution >= 0.6 is 0 Å². The largest absolute Gasteiger partial charge is 0.479 e. The molecular weight excluding hydrogens is 204 g/mol. The van der Waals surface area contributed by atoms with Gasteiger partial charge in [-0.3, -0.25) is 0 Å². The first kappa shape index (κ1) is 13.5. The second kappa shape index (κ2) is 5.17. The van der Waals surface area contributed by atoms with Gasteiger partial charge in [-0.25, -0.2) is 4.79 Å². The van der Waals surface area contributed by atoms with E-state index in [4.69, 9.17) is 0 Å². The number of hydrogen-bond acceptors (Lipinski definition) is 2. The molecule has 94 valence electrons. The zero-order chi connectivity index (χ0) is 12.3. The number of aliphatic carboxylic acids is 1. The Kier molecular flexibility index (Phi) is 4.36. The number of hydrogen-bond donors (Lipinski definition) is 2. The average Bonchev–Trinajstić information content (AvgIpc) is 2.27. The third-order valence-corrected chi connectivity index (χ3v) is 4.27. The van der Waals surface area contributed by atoms with Crippen molar-refractivity contribution >= 4 is 5.97 Å². The monoisotopic (exact) mass is 228 g/mol. The van der Waals surface area contributed by atoms with Gasteiger partial charge in [0.2, 0.25) is 0 Å². The normalized spacial score (nSPS) is 30.1. The lowest BCUT2D eigenvalue weighted by Crippen LogP contribution is -2.51. The van der Waals surface area contributed by atoms with Gasteiger partial charge in [0.15, 0.2) is 5.60 Å². The minimum Gasteiger partial charge on any atom is -0.479 e. The van der Waals surface area contributed by atoms with Crippen LogP contribution in [0.1, 0.15) is 52.9 Å². The highest BCUT2D eigenvalue weighted by molar-refractivity contribution is 5.78. The molecule has 3 heteroatoms. The highest BCUT2D eigenvalue weighted by Gasteiger charge is 2.47. The summed E-state index contributed by atoms with van der Waals surface area (Å²) in [4.78, 5) is 11.3. The number of rotatable bonds is 4. The van der Waals surface area contributed by atoms with Gasteiger partial charge in [0, 0.05) is 0 Å². The minimum absolute atomic E-state index is 0.0761. The number of carbonyl (C=O) groups is 1. The van der Waals surface area contributed by atoms with Crippen LogP contribution in [-0.2, 0) is 4.79 Å². The van der Waals surface area contributed by atoms with E-state index >= 15 is 0 Å². The quantitative estimate of drug-likeness (QED) is 0.777. The molecule has 0 saturated heterocycles. The summed E-state index contributed by atoms with van der Waals surface area (Å²) in [6, 6.07) is 0. The summed E-state index contributed by atoms with van der Waals surface area (Å²) in [5.74, 6) is -0.634. The van der Waals surface area contributed by atoms with E-state index in [0.29, 0.717) is 0 Å². The molecule has 0 spiro atoms. The van der Waals surface area contributed by atoms with Crippen molar-refractivity contribution in [3.8, 4) is 0 Å². The molecule has 0 aliphatic heterocycles. The van der Waals surface area contributed by atoms with Crippen LogP contribution in [0.2, 0.25) is 0 Å². The number of carboxylic acid groups (broad SMARTS) is 1. The zero-order valence-corrected chi connectivity index (χ0v) is 10.6. The molecule has 16 heavy (non-hydrogen) atoms. The third kappa shape index (κ3) is 2.40. The summed E-state index contributed by atoms with van der Waals surface area (Å²) in [6.07, 6.45) is 4.98. The SMILES string of the molecule is CCC1CCC(C(O)(C(=O)O)C(C)C)CC1. The van der Waals surface area contributed by atoms with Crippen molar-refractivity contribution in [1.29, 1.82) is 0 Å². The van der Waals surface area contributed by atoms with E-state index < -0.39 is 11.6 Å². The Bertz CT molecular complexity index is 242. The predicted molar refractivity (Wildman–Crippen MR) is 63.2 cm³/mol. The Morgan fingerprint density at radius 3 is 2.12 bits per heavy atom. The van der Waals surface area contributed by atoms with Crippen LogP contribution in [-0.4, -0.2) is 21.8 Å². The first-order valence-electron chi connectivity index (χ1n) is 6.38. The van der Waals surface area contributed by atoms with Gasteiger partial charge >= 0.3 is 5.97 Å². The molecule has 0 heterocycles. The molecule has 3 nitrogen and oxygen atoms in total. The van der Waals surface area contributed by atoms with Crippen molar-refractivity contribution in [3.05, 3.63) is 0 Å². The zero-order valence-electron chi connectivity index (χ0n) is 10.6. The van der Waals surface area contributed by atoms with Crippen LogP contribution in [0.15, 0.2) is 0 Å². The van der Waals surface area contributed by atoms with Crippen molar-refractivity contribution in [3.63, 3.8) is 0 Å². The summed E-state index contributed by atoms with van der Waals surface area (Å²) < 4.78 is 0. The second-order valence-electron chi connectivity index (χ2n) is 5.41. The third-order valence-electron chi connectivity index (χ3n) is 4.27. The van der Waals surface area contributed by atoms with E-state index in [2.05, 4.69) is 6.92 Å². The first-order chi connectivity index (χ1) is 7.42. The van der Waals surface area contributed by atoms with Crippen molar-refractivity contribution < 1.29 is 15.0 Å². The van der Waals surface area contributed by atoms with Gasteiger partial charge in [-0.1, -0.05) is 40.0 Å². The molecule has 0 radical (unpaired) electrons. The van der Waals surface area contributed by atoms with Gasteiger partial charge < -0.3 is 10.2 Å². The van der Waals surface area contributed by atoms with Gasteiger partial charge in [0.1, 0.15) is 0 Å². The molecule has 1 atom stereocenters. The molecule has 1 unspecified atom stereocenters. The maximum Gasteiger partial charge on any atom is 0.336 e. The van der Waals surface area contributed by atoms with Crippen LogP contribution < -0.4 is 0 Å². The van der Waals surface area contributed by atoms with E-state index in [1.165, 1.54) is 6.42 Å². The summed E-state index contributed by atoms with van der Waals surface area (Å²) in [6.45, 7) is 5.76. The summed E-state index contributed by atoms with van der Waals surface area (Å²) in [5, 5.41) is 19.6. The molecule has 1 rings (SSSR count). The Labute approximate surface area is 97.9 Å². The molecule has 0 aromatic heterocycles. The van der Waals surface area contributed by atoms with Crippen LogP contribution in [0.3, 0.4) is 0 Å². The van der Waals surface area contributed by atoms with Gasteiger partial charge in [-0.05, 0) is 30.6 Å². The fourth-order valence-corrected chi connectivity index (χ4v) is 2.90. The Balaban J connectivity index is 2.72. The average molecular weight is 228 g/mol. The van der Waals surface area contributed by atoms with Gasteiger partial charge in [0.05, 0.1) is 0 Å². The molecule has 1 aliphatic rings. The van der Waals surface area contributed by atoms with Crippen molar-refractivity contribution in [2.75, 3.05) is 0 Å². The van der Waals surface area contributed by atoms with Crippen LogP contribution in [0, 0.1) is 17.8 Å². The van der Waals surface area contributed by atoms with Gasteiger partial charge in [-0.2, -0.15) is 0 Å². The van der Waals surface area contributed by atoms with Crippen LogP contribution in [0.5, 0.6) is 0 Å². The molecule has 1 saturated carbocycles. The van der Waals surface area contributed by atoms with Crippen molar-refractivity contribution in [2.24, 2.45) is 17.8 Å².